The van der Waals surface area contributed by atoms with Crippen LogP contribution in [0.25, 0.3) is 0 Å². The van der Waals surface area contributed by atoms with Gasteiger partial charge < -0.3 is 4.74 Å². The minimum Gasteiger partial charge on any atom is -0.384 e. The van der Waals surface area contributed by atoms with Crippen molar-refractivity contribution < 1.29 is 13.2 Å². The summed E-state index contributed by atoms with van der Waals surface area (Å²) in [5.74, 6) is 0.453. The van der Waals surface area contributed by atoms with Gasteiger partial charge in [0, 0.05) is 12.5 Å². The van der Waals surface area contributed by atoms with E-state index in [9.17, 15) is 8.42 Å². The SMILES string of the molecule is COCCS(=O)(=O)c1n[nH]c(C(C)(C)C)n1. The lowest BCUT2D eigenvalue weighted by Crippen LogP contribution is -2.15. The fourth-order valence-electron chi connectivity index (χ4n) is 1.01. The van der Waals surface area contributed by atoms with Crippen LogP contribution in [0.15, 0.2) is 5.16 Å². The van der Waals surface area contributed by atoms with Crippen LogP contribution in [0.4, 0.5) is 0 Å². The lowest BCUT2D eigenvalue weighted by atomic mass is 9.96. The molecule has 0 bridgehead atoms. The first-order valence-corrected chi connectivity index (χ1v) is 6.57. The van der Waals surface area contributed by atoms with Gasteiger partial charge in [-0.3, -0.25) is 5.10 Å². The van der Waals surface area contributed by atoms with Gasteiger partial charge >= 0.3 is 0 Å². The van der Waals surface area contributed by atoms with Crippen molar-refractivity contribution in [2.45, 2.75) is 31.3 Å². The van der Waals surface area contributed by atoms with E-state index < -0.39 is 9.84 Å². The second-order valence-electron chi connectivity index (χ2n) is 4.53. The highest BCUT2D eigenvalue weighted by Crippen LogP contribution is 2.18. The third-order valence-electron chi connectivity index (χ3n) is 2.01. The Morgan fingerprint density at radius 2 is 2.00 bits per heavy atom. The average Bonchev–Trinajstić information content (AvgIpc) is 2.63. The summed E-state index contributed by atoms with van der Waals surface area (Å²) in [6.07, 6.45) is 0. The fraction of sp³-hybridized carbons (Fsp3) is 0.778. The highest BCUT2D eigenvalue weighted by Gasteiger charge is 2.24. The van der Waals surface area contributed by atoms with E-state index >= 15 is 0 Å². The molecule has 1 heterocycles. The van der Waals surface area contributed by atoms with Gasteiger partial charge in [-0.1, -0.05) is 20.8 Å². The van der Waals surface area contributed by atoms with Crippen molar-refractivity contribution in [3.63, 3.8) is 0 Å². The van der Waals surface area contributed by atoms with Gasteiger partial charge in [0.1, 0.15) is 5.82 Å². The maximum Gasteiger partial charge on any atom is 0.266 e. The summed E-state index contributed by atoms with van der Waals surface area (Å²) in [6.45, 7) is 5.93. The largest absolute Gasteiger partial charge is 0.384 e. The monoisotopic (exact) mass is 247 g/mol. The molecule has 0 radical (unpaired) electrons. The van der Waals surface area contributed by atoms with Crippen LogP contribution in [0.5, 0.6) is 0 Å². The van der Waals surface area contributed by atoms with Gasteiger partial charge in [-0.2, -0.15) is 0 Å². The van der Waals surface area contributed by atoms with Crippen LogP contribution >= 0.6 is 0 Å². The minimum atomic E-state index is -3.44. The number of methoxy groups -OCH3 is 1. The summed E-state index contributed by atoms with van der Waals surface area (Å²) >= 11 is 0. The molecule has 0 aromatic carbocycles. The highest BCUT2D eigenvalue weighted by atomic mass is 32.2. The first kappa shape index (κ1) is 13.1. The number of aromatic amines is 1. The van der Waals surface area contributed by atoms with Crippen molar-refractivity contribution >= 4 is 9.84 Å². The van der Waals surface area contributed by atoms with Crippen LogP contribution in [0, 0.1) is 0 Å². The molecule has 0 aliphatic rings. The number of rotatable bonds is 4. The lowest BCUT2D eigenvalue weighted by Gasteiger charge is -2.12. The quantitative estimate of drug-likeness (QED) is 0.838. The van der Waals surface area contributed by atoms with E-state index in [0.717, 1.165) is 0 Å². The first-order chi connectivity index (χ1) is 7.27. The number of sulfone groups is 1. The van der Waals surface area contributed by atoms with Crippen molar-refractivity contribution in [2.75, 3.05) is 19.5 Å². The van der Waals surface area contributed by atoms with Crippen molar-refractivity contribution in [1.29, 1.82) is 0 Å². The Morgan fingerprint density at radius 3 is 2.44 bits per heavy atom. The molecule has 16 heavy (non-hydrogen) atoms. The van der Waals surface area contributed by atoms with E-state index in [0.29, 0.717) is 5.82 Å². The molecular weight excluding hydrogens is 230 g/mol. The van der Waals surface area contributed by atoms with Crippen molar-refractivity contribution in [1.82, 2.24) is 15.2 Å². The molecule has 0 aliphatic heterocycles. The number of hydrogen-bond acceptors (Lipinski definition) is 5. The summed E-state index contributed by atoms with van der Waals surface area (Å²) in [7, 11) is -1.99. The number of ether oxygens (including phenoxy) is 1. The lowest BCUT2D eigenvalue weighted by molar-refractivity contribution is 0.217. The molecular formula is C9H17N3O3S. The van der Waals surface area contributed by atoms with Crippen molar-refractivity contribution in [3.8, 4) is 0 Å². The van der Waals surface area contributed by atoms with E-state index in [1.54, 1.807) is 0 Å². The Balaban J connectivity index is 2.94. The molecule has 7 heteroatoms. The average molecular weight is 247 g/mol. The molecule has 92 valence electrons. The topological polar surface area (TPSA) is 84.9 Å². The van der Waals surface area contributed by atoms with Gasteiger partial charge in [-0.15, -0.1) is 5.10 Å². The Kier molecular flexibility index (Phi) is 3.69. The summed E-state index contributed by atoms with van der Waals surface area (Å²) in [6, 6.07) is 0. The molecule has 0 unspecified atom stereocenters. The normalized spacial score (nSPS) is 13.0. The zero-order chi connectivity index (χ0) is 12.4. The van der Waals surface area contributed by atoms with Crippen LogP contribution < -0.4 is 0 Å². The standard InChI is InChI=1S/C9H17N3O3S/c1-9(2,3)7-10-8(12-11-7)16(13,14)6-5-15-4/h5-6H2,1-4H3,(H,10,11,12). The smallest absolute Gasteiger partial charge is 0.266 e. The summed E-state index contributed by atoms with van der Waals surface area (Å²) in [5, 5.41) is 6.22. The number of H-pyrrole nitrogens is 1. The molecule has 0 aliphatic carbocycles. The maximum atomic E-state index is 11.7. The molecule has 1 aromatic heterocycles. The number of nitrogens with zero attached hydrogens (tertiary/aromatic N) is 2. The first-order valence-electron chi connectivity index (χ1n) is 4.92. The van der Waals surface area contributed by atoms with Crippen LogP contribution in [0.2, 0.25) is 0 Å². The number of hydrogen-bond donors (Lipinski definition) is 1. The van der Waals surface area contributed by atoms with E-state index in [-0.39, 0.29) is 22.9 Å². The van der Waals surface area contributed by atoms with Gasteiger partial charge in [0.05, 0.1) is 12.4 Å². The van der Waals surface area contributed by atoms with Gasteiger partial charge in [0.25, 0.3) is 5.16 Å². The van der Waals surface area contributed by atoms with Crippen LogP contribution in [-0.2, 0) is 20.0 Å². The maximum absolute atomic E-state index is 11.7. The number of nitrogens with one attached hydrogen (secondary N) is 1. The fourth-order valence-corrected chi connectivity index (χ4v) is 1.99. The third kappa shape index (κ3) is 3.02. The van der Waals surface area contributed by atoms with E-state index in [2.05, 4.69) is 15.2 Å². The molecule has 1 rings (SSSR count). The molecule has 0 amide bonds. The van der Waals surface area contributed by atoms with Crippen molar-refractivity contribution in [3.05, 3.63) is 5.82 Å². The molecule has 6 nitrogen and oxygen atoms in total. The Bertz CT molecular complexity index is 445. The van der Waals surface area contributed by atoms with Crippen LogP contribution in [0.1, 0.15) is 26.6 Å². The van der Waals surface area contributed by atoms with E-state index in [1.807, 2.05) is 20.8 Å². The van der Waals surface area contributed by atoms with Crippen LogP contribution in [0.3, 0.4) is 0 Å². The van der Waals surface area contributed by atoms with Gasteiger partial charge in [0.15, 0.2) is 0 Å². The zero-order valence-corrected chi connectivity index (χ0v) is 10.8. The molecule has 0 saturated carbocycles. The van der Waals surface area contributed by atoms with Crippen molar-refractivity contribution in [2.24, 2.45) is 0 Å². The molecule has 1 N–H and O–H groups in total. The molecule has 0 saturated heterocycles. The number of aromatic nitrogens is 3. The van der Waals surface area contributed by atoms with Gasteiger partial charge in [0.2, 0.25) is 9.84 Å². The molecule has 1 aromatic rings. The third-order valence-corrected chi connectivity index (χ3v) is 3.45. The zero-order valence-electron chi connectivity index (χ0n) is 9.94. The predicted molar refractivity (Wildman–Crippen MR) is 59.0 cm³/mol. The van der Waals surface area contributed by atoms with Gasteiger partial charge in [-0.25, -0.2) is 13.4 Å². The summed E-state index contributed by atoms with van der Waals surface area (Å²) < 4.78 is 28.1. The molecule has 0 atom stereocenters. The highest BCUT2D eigenvalue weighted by molar-refractivity contribution is 7.91. The summed E-state index contributed by atoms with van der Waals surface area (Å²) in [5.41, 5.74) is -0.248. The van der Waals surface area contributed by atoms with Gasteiger partial charge in [-0.05, 0) is 0 Å². The predicted octanol–water partition coefficient (Wildman–Crippen LogP) is 0.522. The second-order valence-corrected chi connectivity index (χ2v) is 6.53. The Hall–Kier alpha value is -0.950. The van der Waals surface area contributed by atoms with E-state index in [4.69, 9.17) is 4.74 Å². The van der Waals surface area contributed by atoms with Crippen LogP contribution in [-0.4, -0.2) is 43.1 Å². The Morgan fingerprint density at radius 1 is 1.38 bits per heavy atom. The summed E-state index contributed by atoms with van der Waals surface area (Å²) in [4.78, 5) is 4.00. The minimum absolute atomic E-state index is 0.106. The van der Waals surface area contributed by atoms with E-state index in [1.165, 1.54) is 7.11 Å². The molecule has 0 spiro atoms. The molecule has 0 fully saturated rings. The Labute approximate surface area is 95.3 Å². The second kappa shape index (κ2) is 4.50.